The highest BCUT2D eigenvalue weighted by atomic mass is 32.2. The molecule has 1 heterocycles. The number of ether oxygens (including phenoxy) is 1. The number of rotatable bonds is 5. The van der Waals surface area contributed by atoms with Gasteiger partial charge in [-0.15, -0.1) is 0 Å². The highest BCUT2D eigenvalue weighted by molar-refractivity contribution is 7.89. The molecule has 2 aromatic carbocycles. The highest BCUT2D eigenvalue weighted by Crippen LogP contribution is 2.30. The van der Waals surface area contributed by atoms with Crippen molar-refractivity contribution in [3.63, 3.8) is 0 Å². The number of aryl methyl sites for hydroxylation is 1. The second kappa shape index (κ2) is 8.10. The van der Waals surface area contributed by atoms with Crippen LogP contribution in [0.4, 0.5) is 5.69 Å². The number of carbonyl (C=O) groups is 1. The van der Waals surface area contributed by atoms with Crippen LogP contribution < -0.4 is 10.1 Å². The minimum absolute atomic E-state index is 0.0313. The minimum Gasteiger partial charge on any atom is -0.495 e. The fourth-order valence-electron chi connectivity index (χ4n) is 3.19. The van der Waals surface area contributed by atoms with Crippen molar-refractivity contribution >= 4 is 21.6 Å². The molecule has 1 aliphatic rings. The molecular formula is C20H24N2O4S. The molecule has 7 heteroatoms. The van der Waals surface area contributed by atoms with Crippen molar-refractivity contribution in [1.82, 2.24) is 4.31 Å². The van der Waals surface area contributed by atoms with Crippen molar-refractivity contribution in [2.75, 3.05) is 25.5 Å². The summed E-state index contributed by atoms with van der Waals surface area (Å²) in [5.74, 6) is -0.119. The van der Waals surface area contributed by atoms with Crippen LogP contribution in [0.1, 0.15) is 35.2 Å². The van der Waals surface area contributed by atoms with Gasteiger partial charge in [0.15, 0.2) is 0 Å². The van der Waals surface area contributed by atoms with Crippen LogP contribution in [0, 0.1) is 6.92 Å². The van der Waals surface area contributed by atoms with Gasteiger partial charge in [0, 0.05) is 24.3 Å². The fourth-order valence-corrected chi connectivity index (χ4v) is 4.89. The lowest BCUT2D eigenvalue weighted by atomic mass is 10.2. The summed E-state index contributed by atoms with van der Waals surface area (Å²) in [4.78, 5) is 12.7. The molecule has 1 aliphatic heterocycles. The first kappa shape index (κ1) is 19.4. The van der Waals surface area contributed by atoms with Crippen LogP contribution in [-0.4, -0.2) is 38.8 Å². The molecule has 144 valence electrons. The number of piperidine rings is 1. The molecule has 1 saturated heterocycles. The zero-order valence-corrected chi connectivity index (χ0v) is 16.4. The maximum Gasteiger partial charge on any atom is 0.255 e. The van der Waals surface area contributed by atoms with Crippen LogP contribution in [0.15, 0.2) is 47.4 Å². The largest absolute Gasteiger partial charge is 0.495 e. The third-order valence-corrected chi connectivity index (χ3v) is 6.55. The summed E-state index contributed by atoms with van der Waals surface area (Å²) < 4.78 is 32.8. The van der Waals surface area contributed by atoms with Crippen LogP contribution in [0.2, 0.25) is 0 Å². The summed E-state index contributed by atoms with van der Waals surface area (Å²) in [6.45, 7) is 2.92. The number of carbonyl (C=O) groups excluding carboxylic acids is 1. The number of amides is 1. The van der Waals surface area contributed by atoms with Crippen LogP contribution in [0.3, 0.4) is 0 Å². The van der Waals surface area contributed by atoms with E-state index in [1.54, 1.807) is 12.1 Å². The van der Waals surface area contributed by atoms with Gasteiger partial charge < -0.3 is 10.1 Å². The molecule has 1 amide bonds. The first-order valence-corrected chi connectivity index (χ1v) is 10.4. The third kappa shape index (κ3) is 4.31. The predicted octanol–water partition coefficient (Wildman–Crippen LogP) is 3.43. The van der Waals surface area contributed by atoms with E-state index in [4.69, 9.17) is 4.74 Å². The van der Waals surface area contributed by atoms with E-state index < -0.39 is 10.0 Å². The molecule has 1 fully saturated rings. The molecular weight excluding hydrogens is 364 g/mol. The maximum atomic E-state index is 13.1. The Hall–Kier alpha value is -2.38. The van der Waals surface area contributed by atoms with Gasteiger partial charge in [0.1, 0.15) is 10.6 Å². The van der Waals surface area contributed by atoms with Crippen LogP contribution >= 0.6 is 0 Å². The number of sulfonamides is 1. The Bertz CT molecular complexity index is 935. The van der Waals surface area contributed by atoms with E-state index in [1.165, 1.54) is 23.5 Å². The van der Waals surface area contributed by atoms with E-state index in [0.717, 1.165) is 24.8 Å². The summed E-state index contributed by atoms with van der Waals surface area (Å²) >= 11 is 0. The van der Waals surface area contributed by atoms with Gasteiger partial charge in [0.2, 0.25) is 10.0 Å². The van der Waals surface area contributed by atoms with Crippen molar-refractivity contribution in [2.24, 2.45) is 0 Å². The predicted molar refractivity (Wildman–Crippen MR) is 105 cm³/mol. The SMILES string of the molecule is COc1ccc(C(=O)Nc2cccc(C)c2)cc1S(=O)(=O)N1CCCCC1. The Morgan fingerprint density at radius 2 is 1.81 bits per heavy atom. The normalized spacial score (nSPS) is 15.3. The van der Waals surface area contributed by atoms with Gasteiger partial charge in [0.05, 0.1) is 7.11 Å². The molecule has 0 aliphatic carbocycles. The van der Waals surface area contributed by atoms with Crippen molar-refractivity contribution in [2.45, 2.75) is 31.1 Å². The Balaban J connectivity index is 1.92. The zero-order valence-electron chi connectivity index (χ0n) is 15.6. The quantitative estimate of drug-likeness (QED) is 0.851. The van der Waals surface area contributed by atoms with Crippen LogP contribution in [0.5, 0.6) is 5.75 Å². The van der Waals surface area contributed by atoms with Gasteiger partial charge in [-0.1, -0.05) is 18.6 Å². The Morgan fingerprint density at radius 1 is 1.07 bits per heavy atom. The molecule has 2 aromatic rings. The van der Waals surface area contributed by atoms with Gasteiger partial charge >= 0.3 is 0 Å². The molecule has 0 saturated carbocycles. The lowest BCUT2D eigenvalue weighted by Gasteiger charge is -2.26. The summed E-state index contributed by atoms with van der Waals surface area (Å²) in [6, 6.07) is 11.9. The molecule has 3 rings (SSSR count). The molecule has 0 radical (unpaired) electrons. The van der Waals surface area contributed by atoms with Crippen LogP contribution in [-0.2, 0) is 10.0 Å². The number of benzene rings is 2. The van der Waals surface area contributed by atoms with E-state index in [2.05, 4.69) is 5.32 Å². The van der Waals surface area contributed by atoms with Gasteiger partial charge in [-0.05, 0) is 55.7 Å². The Morgan fingerprint density at radius 3 is 2.48 bits per heavy atom. The van der Waals surface area contributed by atoms with Gasteiger partial charge in [-0.25, -0.2) is 8.42 Å². The van der Waals surface area contributed by atoms with E-state index >= 15 is 0 Å². The first-order valence-electron chi connectivity index (χ1n) is 8.98. The highest BCUT2D eigenvalue weighted by Gasteiger charge is 2.29. The fraction of sp³-hybridized carbons (Fsp3) is 0.350. The minimum atomic E-state index is -3.71. The molecule has 0 aromatic heterocycles. The molecule has 27 heavy (non-hydrogen) atoms. The average Bonchev–Trinajstić information content (AvgIpc) is 2.68. The van der Waals surface area contributed by atoms with Gasteiger partial charge in [-0.2, -0.15) is 4.31 Å². The Kier molecular flexibility index (Phi) is 5.82. The topological polar surface area (TPSA) is 75.7 Å². The number of hydrogen-bond acceptors (Lipinski definition) is 4. The lowest BCUT2D eigenvalue weighted by molar-refractivity contribution is 0.102. The maximum absolute atomic E-state index is 13.1. The molecule has 1 N–H and O–H groups in total. The summed E-state index contributed by atoms with van der Waals surface area (Å²) in [6.07, 6.45) is 2.71. The Labute approximate surface area is 160 Å². The first-order chi connectivity index (χ1) is 12.9. The number of nitrogens with one attached hydrogen (secondary N) is 1. The molecule has 6 nitrogen and oxygen atoms in total. The van der Waals surface area contributed by atoms with E-state index in [0.29, 0.717) is 18.8 Å². The van der Waals surface area contributed by atoms with E-state index in [-0.39, 0.29) is 22.1 Å². The number of anilines is 1. The van der Waals surface area contributed by atoms with Gasteiger partial charge in [0.25, 0.3) is 5.91 Å². The molecule has 0 bridgehead atoms. The summed E-state index contributed by atoms with van der Waals surface area (Å²) in [5, 5.41) is 2.81. The number of methoxy groups -OCH3 is 1. The summed E-state index contributed by atoms with van der Waals surface area (Å²) in [5.41, 5.74) is 1.96. The van der Waals surface area contributed by atoms with Gasteiger partial charge in [-0.3, -0.25) is 4.79 Å². The van der Waals surface area contributed by atoms with Crippen LogP contribution in [0.25, 0.3) is 0 Å². The van der Waals surface area contributed by atoms with Crippen molar-refractivity contribution in [1.29, 1.82) is 0 Å². The number of hydrogen-bond donors (Lipinski definition) is 1. The summed E-state index contributed by atoms with van der Waals surface area (Å²) in [7, 11) is -2.28. The van der Waals surface area contributed by atoms with E-state index in [9.17, 15) is 13.2 Å². The van der Waals surface area contributed by atoms with Crippen molar-refractivity contribution < 1.29 is 17.9 Å². The smallest absolute Gasteiger partial charge is 0.255 e. The second-order valence-corrected chi connectivity index (χ2v) is 8.56. The average molecular weight is 388 g/mol. The lowest BCUT2D eigenvalue weighted by Crippen LogP contribution is -2.35. The monoisotopic (exact) mass is 388 g/mol. The van der Waals surface area contributed by atoms with E-state index in [1.807, 2.05) is 25.1 Å². The zero-order chi connectivity index (χ0) is 19.4. The van der Waals surface area contributed by atoms with Crippen molar-refractivity contribution in [3.8, 4) is 5.75 Å². The van der Waals surface area contributed by atoms with Crippen molar-refractivity contribution in [3.05, 3.63) is 53.6 Å². The molecule has 0 atom stereocenters. The third-order valence-electron chi connectivity index (χ3n) is 4.63. The molecule has 0 spiro atoms. The number of nitrogens with zero attached hydrogens (tertiary/aromatic N) is 1. The second-order valence-electron chi connectivity index (χ2n) is 6.65. The molecule has 0 unspecified atom stereocenters. The standard InChI is InChI=1S/C20H24N2O4S/c1-15-7-6-8-17(13-15)21-20(23)16-9-10-18(26-2)19(14-16)27(24,25)22-11-4-3-5-12-22/h6-10,13-14H,3-5,11-12H2,1-2H3,(H,21,23).